The average Bonchev–Trinajstić information content (AvgIpc) is 3.36. The third kappa shape index (κ3) is 3.24. The maximum atomic E-state index is 11.8. The van der Waals surface area contributed by atoms with Gasteiger partial charge in [0.15, 0.2) is 17.3 Å². The Balaban J connectivity index is 1.76. The number of epoxide rings is 3. The minimum Gasteiger partial charge on any atom is -0.479 e. The van der Waals surface area contributed by atoms with E-state index in [0.29, 0.717) is 13.0 Å². The highest BCUT2D eigenvalue weighted by Gasteiger charge is 2.62. The largest absolute Gasteiger partial charge is 0.479 e. The Labute approximate surface area is 137 Å². The van der Waals surface area contributed by atoms with Crippen LogP contribution in [0.1, 0.15) is 26.2 Å². The highest BCUT2D eigenvalue weighted by molar-refractivity contribution is 5.81. The van der Waals surface area contributed by atoms with Crippen molar-refractivity contribution >= 4 is 17.9 Å². The molecule has 0 radical (unpaired) electrons. The predicted octanol–water partition coefficient (Wildman–Crippen LogP) is -0.188. The first kappa shape index (κ1) is 17.1. The number of hydrogen-bond donors (Lipinski definition) is 2. The molecule has 9 heteroatoms. The number of carboxylic acid groups (broad SMARTS) is 2. The first-order valence-corrected chi connectivity index (χ1v) is 7.79. The molecule has 3 aliphatic heterocycles. The van der Waals surface area contributed by atoms with E-state index < -0.39 is 40.6 Å². The van der Waals surface area contributed by atoms with Gasteiger partial charge in [0.1, 0.15) is 0 Å². The lowest BCUT2D eigenvalue weighted by atomic mass is 9.71. The molecular weight excluding hydrogens is 324 g/mol. The zero-order chi connectivity index (χ0) is 17.6. The predicted molar refractivity (Wildman–Crippen MR) is 75.3 cm³/mol. The number of rotatable bonds is 10. The molecule has 3 rings (SSSR count). The molecule has 0 saturated carbocycles. The second kappa shape index (κ2) is 5.68. The molecule has 3 aliphatic rings. The van der Waals surface area contributed by atoms with Gasteiger partial charge >= 0.3 is 17.9 Å². The van der Waals surface area contributed by atoms with Gasteiger partial charge in [0.25, 0.3) is 0 Å². The lowest BCUT2D eigenvalue weighted by Crippen LogP contribution is -2.42. The van der Waals surface area contributed by atoms with Crippen LogP contribution >= 0.6 is 0 Å². The van der Waals surface area contributed by atoms with E-state index in [9.17, 15) is 24.6 Å². The summed E-state index contributed by atoms with van der Waals surface area (Å²) in [5.41, 5.74) is -3.55. The molecule has 3 atom stereocenters. The van der Waals surface area contributed by atoms with Gasteiger partial charge in [-0.05, 0) is 19.3 Å². The van der Waals surface area contributed by atoms with Crippen LogP contribution in [-0.4, -0.2) is 71.9 Å². The highest BCUT2D eigenvalue weighted by Crippen LogP contribution is 2.49. The molecule has 134 valence electrons. The molecule has 0 bridgehead atoms. The normalized spacial score (nSPS) is 35.6. The smallest absolute Gasteiger partial charge is 0.338 e. The summed E-state index contributed by atoms with van der Waals surface area (Å²) in [4.78, 5) is 34.7. The number of carbonyl (C=O) groups excluding carboxylic acids is 1. The van der Waals surface area contributed by atoms with Gasteiger partial charge in [-0.25, -0.2) is 14.4 Å². The van der Waals surface area contributed by atoms with Crippen LogP contribution < -0.4 is 0 Å². The summed E-state index contributed by atoms with van der Waals surface area (Å²) in [6.45, 7) is 2.13. The lowest BCUT2D eigenvalue weighted by Gasteiger charge is -2.34. The molecule has 3 fully saturated rings. The number of carboxylic acids is 2. The summed E-state index contributed by atoms with van der Waals surface area (Å²) in [5, 5.41) is 18.7. The Bertz CT molecular complexity index is 525. The van der Waals surface area contributed by atoms with Crippen molar-refractivity contribution in [1.82, 2.24) is 0 Å². The summed E-state index contributed by atoms with van der Waals surface area (Å²) >= 11 is 0. The summed E-state index contributed by atoms with van der Waals surface area (Å²) in [6.07, 6.45) is -0.0370. The van der Waals surface area contributed by atoms with Gasteiger partial charge in [0.2, 0.25) is 0 Å². The summed E-state index contributed by atoms with van der Waals surface area (Å²) in [6, 6.07) is 0. The van der Waals surface area contributed by atoms with Crippen LogP contribution in [0, 0.1) is 5.41 Å². The fraction of sp³-hybridized carbons (Fsp3) is 0.800. The van der Waals surface area contributed by atoms with Crippen LogP contribution in [0.25, 0.3) is 0 Å². The van der Waals surface area contributed by atoms with E-state index in [-0.39, 0.29) is 32.7 Å². The van der Waals surface area contributed by atoms with Crippen LogP contribution in [0.4, 0.5) is 0 Å². The van der Waals surface area contributed by atoms with E-state index in [1.165, 1.54) is 0 Å². The number of ether oxygens (including phenoxy) is 4. The lowest BCUT2D eigenvalue weighted by molar-refractivity contribution is -0.153. The van der Waals surface area contributed by atoms with Gasteiger partial charge in [0, 0.05) is 5.41 Å². The molecule has 0 aromatic rings. The third-order valence-corrected chi connectivity index (χ3v) is 4.95. The maximum Gasteiger partial charge on any atom is 0.338 e. The van der Waals surface area contributed by atoms with Gasteiger partial charge < -0.3 is 29.2 Å². The zero-order valence-corrected chi connectivity index (χ0v) is 13.3. The Hall–Kier alpha value is -1.71. The van der Waals surface area contributed by atoms with Gasteiger partial charge in [-0.15, -0.1) is 0 Å². The first-order chi connectivity index (χ1) is 11.3. The van der Waals surface area contributed by atoms with Crippen molar-refractivity contribution in [3.63, 3.8) is 0 Å². The van der Waals surface area contributed by atoms with Crippen LogP contribution in [0.3, 0.4) is 0 Å². The van der Waals surface area contributed by atoms with Crippen molar-refractivity contribution in [2.24, 2.45) is 5.41 Å². The Morgan fingerprint density at radius 3 is 1.88 bits per heavy atom. The molecule has 3 heterocycles. The van der Waals surface area contributed by atoms with E-state index >= 15 is 0 Å². The number of esters is 1. The Morgan fingerprint density at radius 2 is 1.58 bits per heavy atom. The second-order valence-corrected chi connectivity index (χ2v) is 6.81. The topological polar surface area (TPSA) is 138 Å². The molecule has 0 spiro atoms. The zero-order valence-electron chi connectivity index (χ0n) is 13.3. The molecule has 0 aliphatic carbocycles. The SMILES string of the molecule is CCC(COC(=O)C1CO1)(CC1(C(=O)O)CO1)CC1(C(=O)O)CO1. The van der Waals surface area contributed by atoms with Gasteiger partial charge in [-0.1, -0.05) is 6.92 Å². The fourth-order valence-electron chi connectivity index (χ4n) is 3.01. The van der Waals surface area contributed by atoms with Crippen molar-refractivity contribution < 1.29 is 43.5 Å². The van der Waals surface area contributed by atoms with Crippen molar-refractivity contribution in [2.45, 2.75) is 43.5 Å². The van der Waals surface area contributed by atoms with Crippen LogP contribution in [-0.2, 0) is 33.3 Å². The Kier molecular flexibility index (Phi) is 4.05. The Morgan fingerprint density at radius 1 is 1.12 bits per heavy atom. The number of hydrogen-bond acceptors (Lipinski definition) is 7. The van der Waals surface area contributed by atoms with Crippen molar-refractivity contribution in [3.05, 3.63) is 0 Å². The van der Waals surface area contributed by atoms with E-state index in [1.54, 1.807) is 6.92 Å². The molecular formula is C15H20O9. The molecule has 0 amide bonds. The van der Waals surface area contributed by atoms with E-state index in [2.05, 4.69) is 0 Å². The highest BCUT2D eigenvalue weighted by atomic mass is 16.6. The van der Waals surface area contributed by atoms with Crippen molar-refractivity contribution in [1.29, 1.82) is 0 Å². The first-order valence-electron chi connectivity index (χ1n) is 7.79. The molecule has 24 heavy (non-hydrogen) atoms. The molecule has 3 unspecified atom stereocenters. The molecule has 3 saturated heterocycles. The molecule has 0 aromatic carbocycles. The average molecular weight is 344 g/mol. The minimum absolute atomic E-state index is 0.0586. The third-order valence-electron chi connectivity index (χ3n) is 4.95. The quantitative estimate of drug-likeness (QED) is 0.408. The van der Waals surface area contributed by atoms with E-state index in [0.717, 1.165) is 0 Å². The van der Waals surface area contributed by atoms with Crippen LogP contribution in [0.2, 0.25) is 0 Å². The monoisotopic (exact) mass is 344 g/mol. The maximum absolute atomic E-state index is 11.8. The van der Waals surface area contributed by atoms with E-state index in [1.807, 2.05) is 0 Å². The minimum atomic E-state index is -1.34. The van der Waals surface area contributed by atoms with Gasteiger partial charge in [0.05, 0.1) is 26.4 Å². The fourth-order valence-corrected chi connectivity index (χ4v) is 3.01. The van der Waals surface area contributed by atoms with Crippen molar-refractivity contribution in [3.8, 4) is 0 Å². The molecule has 9 nitrogen and oxygen atoms in total. The summed E-state index contributed by atoms with van der Waals surface area (Å²) in [5.74, 6) is -2.72. The van der Waals surface area contributed by atoms with Gasteiger partial charge in [-0.3, -0.25) is 0 Å². The van der Waals surface area contributed by atoms with Crippen molar-refractivity contribution in [2.75, 3.05) is 26.4 Å². The van der Waals surface area contributed by atoms with E-state index in [4.69, 9.17) is 18.9 Å². The second-order valence-electron chi connectivity index (χ2n) is 6.81. The number of aliphatic carboxylic acids is 2. The molecule has 2 N–H and O–H groups in total. The van der Waals surface area contributed by atoms with Crippen LogP contribution in [0.15, 0.2) is 0 Å². The standard InChI is InChI=1S/C15H20O9/c1-2-13(4-14(7-23-14)11(17)18,5-15(8-24-15)12(19)20)6-22-10(16)9-3-21-9/h9H,2-8H2,1H3,(H,17,18)(H,19,20). The van der Waals surface area contributed by atoms with Crippen LogP contribution in [0.5, 0.6) is 0 Å². The van der Waals surface area contributed by atoms with Gasteiger partial charge in [-0.2, -0.15) is 0 Å². The molecule has 0 aromatic heterocycles. The summed E-state index contributed by atoms with van der Waals surface area (Å²) in [7, 11) is 0. The number of carbonyl (C=O) groups is 3. The summed E-state index contributed by atoms with van der Waals surface area (Å²) < 4.78 is 20.4.